The molecule has 9 nitrogen and oxygen atoms in total. The predicted molar refractivity (Wildman–Crippen MR) is 137 cm³/mol. The third kappa shape index (κ3) is 6.30. The topological polar surface area (TPSA) is 124 Å². The van der Waals surface area contributed by atoms with Crippen molar-refractivity contribution >= 4 is 33.4 Å². The number of anilines is 1. The van der Waals surface area contributed by atoms with Gasteiger partial charge in [0.15, 0.2) is 11.5 Å². The SMILES string of the molecule is COc1cc(C(=O)Nc2ccc(Br)cc2[C@H](NCC(=O)NN)c2ccccc2)cc(OC)c1OC. The summed E-state index contributed by atoms with van der Waals surface area (Å²) in [4.78, 5) is 25.1. The summed E-state index contributed by atoms with van der Waals surface area (Å²) in [6.07, 6.45) is 0. The molecule has 5 N–H and O–H groups in total. The predicted octanol–water partition coefficient (Wildman–Crippen LogP) is 3.40. The molecule has 1 atom stereocenters. The van der Waals surface area contributed by atoms with Crippen molar-refractivity contribution in [2.45, 2.75) is 6.04 Å². The number of amides is 2. The van der Waals surface area contributed by atoms with E-state index in [1.165, 1.54) is 21.3 Å². The first-order chi connectivity index (χ1) is 16.9. The van der Waals surface area contributed by atoms with Gasteiger partial charge in [-0.2, -0.15) is 0 Å². The molecule has 0 spiro atoms. The molecule has 0 aromatic heterocycles. The van der Waals surface area contributed by atoms with E-state index in [2.05, 4.69) is 32.0 Å². The Morgan fingerprint density at radius 3 is 2.17 bits per heavy atom. The van der Waals surface area contributed by atoms with Gasteiger partial charge < -0.3 is 19.5 Å². The van der Waals surface area contributed by atoms with Crippen molar-refractivity contribution in [2.75, 3.05) is 33.2 Å². The van der Waals surface area contributed by atoms with Crippen molar-refractivity contribution in [2.24, 2.45) is 5.84 Å². The van der Waals surface area contributed by atoms with Gasteiger partial charge >= 0.3 is 0 Å². The second kappa shape index (κ2) is 12.2. The van der Waals surface area contributed by atoms with Gasteiger partial charge in [-0.05, 0) is 41.5 Å². The minimum Gasteiger partial charge on any atom is -0.493 e. The Morgan fingerprint density at radius 1 is 0.943 bits per heavy atom. The number of carbonyl (C=O) groups is 2. The van der Waals surface area contributed by atoms with Gasteiger partial charge in [0, 0.05) is 15.7 Å². The molecular weight excluding hydrogens is 516 g/mol. The van der Waals surface area contributed by atoms with Gasteiger partial charge in [0.1, 0.15) is 0 Å². The zero-order valence-electron chi connectivity index (χ0n) is 19.6. The maximum absolute atomic E-state index is 13.3. The quantitative estimate of drug-likeness (QED) is 0.176. The molecule has 3 aromatic rings. The van der Waals surface area contributed by atoms with Gasteiger partial charge in [-0.3, -0.25) is 20.3 Å². The van der Waals surface area contributed by atoms with E-state index in [9.17, 15) is 9.59 Å². The largest absolute Gasteiger partial charge is 0.493 e. The Kier molecular flexibility index (Phi) is 9.07. The zero-order valence-corrected chi connectivity index (χ0v) is 21.1. The van der Waals surface area contributed by atoms with Crippen LogP contribution in [-0.4, -0.2) is 39.7 Å². The van der Waals surface area contributed by atoms with E-state index in [0.29, 0.717) is 28.5 Å². The van der Waals surface area contributed by atoms with E-state index in [1.807, 2.05) is 42.5 Å². The lowest BCUT2D eigenvalue weighted by atomic mass is 9.96. The molecule has 0 unspecified atom stereocenters. The van der Waals surface area contributed by atoms with Gasteiger partial charge in [-0.1, -0.05) is 46.3 Å². The van der Waals surface area contributed by atoms with Gasteiger partial charge in [-0.15, -0.1) is 0 Å². The number of hydrogen-bond donors (Lipinski definition) is 4. The standard InChI is InChI=1S/C25H27BrN4O5/c1-33-20-11-16(12-21(34-2)24(20)35-3)25(32)29-19-10-9-17(26)13-18(19)23(28-14-22(31)30-27)15-7-5-4-6-8-15/h4-13,23,28H,14,27H2,1-3H3,(H,29,32)(H,30,31)/t23-/m1/s1. The highest BCUT2D eigenvalue weighted by Crippen LogP contribution is 2.39. The molecule has 10 heteroatoms. The molecule has 0 aliphatic rings. The van der Waals surface area contributed by atoms with Crippen LogP contribution in [0.4, 0.5) is 5.69 Å². The third-order valence-electron chi connectivity index (χ3n) is 5.26. The summed E-state index contributed by atoms with van der Waals surface area (Å²) in [7, 11) is 4.47. The van der Waals surface area contributed by atoms with E-state index < -0.39 is 6.04 Å². The van der Waals surface area contributed by atoms with Crippen molar-refractivity contribution in [1.82, 2.24) is 10.7 Å². The number of carbonyl (C=O) groups excluding carboxylic acids is 2. The van der Waals surface area contributed by atoms with Crippen LogP contribution in [0.25, 0.3) is 0 Å². The summed E-state index contributed by atoms with van der Waals surface area (Å²) >= 11 is 3.51. The second-order valence-corrected chi connectivity index (χ2v) is 8.31. The fourth-order valence-electron chi connectivity index (χ4n) is 3.59. The average molecular weight is 543 g/mol. The van der Waals surface area contributed by atoms with Crippen LogP contribution in [0.5, 0.6) is 17.2 Å². The number of hydrogen-bond acceptors (Lipinski definition) is 7. The molecule has 2 amide bonds. The Balaban J connectivity index is 2.01. The number of nitrogens with one attached hydrogen (secondary N) is 3. The van der Waals surface area contributed by atoms with Crippen molar-refractivity contribution in [3.63, 3.8) is 0 Å². The molecule has 35 heavy (non-hydrogen) atoms. The first-order valence-corrected chi connectivity index (χ1v) is 11.4. The summed E-state index contributed by atoms with van der Waals surface area (Å²) in [5, 5.41) is 6.18. The van der Waals surface area contributed by atoms with Gasteiger partial charge in [-0.25, -0.2) is 5.84 Å². The van der Waals surface area contributed by atoms with E-state index >= 15 is 0 Å². The first-order valence-electron chi connectivity index (χ1n) is 10.6. The lowest BCUT2D eigenvalue weighted by Gasteiger charge is -2.23. The number of benzene rings is 3. The molecule has 0 aliphatic carbocycles. The molecule has 0 radical (unpaired) electrons. The Labute approximate surface area is 212 Å². The van der Waals surface area contributed by atoms with E-state index in [4.69, 9.17) is 20.1 Å². The van der Waals surface area contributed by atoms with Crippen LogP contribution in [0.15, 0.2) is 65.1 Å². The fraction of sp³-hybridized carbons (Fsp3) is 0.200. The smallest absolute Gasteiger partial charge is 0.255 e. The molecule has 0 aliphatic heterocycles. The Hall–Kier alpha value is -3.60. The Morgan fingerprint density at radius 2 is 1.60 bits per heavy atom. The van der Waals surface area contributed by atoms with Crippen molar-refractivity contribution in [3.8, 4) is 17.2 Å². The van der Waals surface area contributed by atoms with Crippen molar-refractivity contribution in [1.29, 1.82) is 0 Å². The van der Waals surface area contributed by atoms with Crippen LogP contribution in [0, 0.1) is 0 Å². The minimum atomic E-state index is -0.416. The molecule has 184 valence electrons. The van der Waals surface area contributed by atoms with Gasteiger partial charge in [0.2, 0.25) is 11.7 Å². The van der Waals surface area contributed by atoms with E-state index in [0.717, 1.165) is 15.6 Å². The molecule has 0 fully saturated rings. The molecule has 3 aromatic carbocycles. The normalized spacial score (nSPS) is 11.3. The summed E-state index contributed by atoms with van der Waals surface area (Å²) in [6.45, 7) is -0.0250. The van der Waals surface area contributed by atoms with Crippen LogP contribution in [-0.2, 0) is 4.79 Å². The number of ether oxygens (including phenoxy) is 3. The molecule has 0 saturated heterocycles. The van der Waals surface area contributed by atoms with Crippen LogP contribution >= 0.6 is 15.9 Å². The molecule has 0 saturated carbocycles. The number of rotatable bonds is 10. The lowest BCUT2D eigenvalue weighted by Crippen LogP contribution is -2.39. The number of nitrogens with two attached hydrogens (primary N) is 1. The maximum Gasteiger partial charge on any atom is 0.255 e. The summed E-state index contributed by atoms with van der Waals surface area (Å²) in [5.74, 6) is 5.63. The molecule has 0 bridgehead atoms. The highest BCUT2D eigenvalue weighted by Gasteiger charge is 2.22. The Bertz CT molecular complexity index is 1160. The zero-order chi connectivity index (χ0) is 25.4. The van der Waals surface area contributed by atoms with Crippen LogP contribution in [0.2, 0.25) is 0 Å². The highest BCUT2D eigenvalue weighted by molar-refractivity contribution is 9.10. The maximum atomic E-state index is 13.3. The van der Waals surface area contributed by atoms with Crippen LogP contribution < -0.4 is 36.1 Å². The number of methoxy groups -OCH3 is 3. The monoisotopic (exact) mass is 542 g/mol. The van der Waals surface area contributed by atoms with E-state index in [-0.39, 0.29) is 18.4 Å². The number of hydrazine groups is 1. The van der Waals surface area contributed by atoms with Crippen molar-refractivity contribution in [3.05, 3.63) is 81.8 Å². The third-order valence-corrected chi connectivity index (χ3v) is 5.75. The van der Waals surface area contributed by atoms with Crippen LogP contribution in [0.3, 0.4) is 0 Å². The second-order valence-electron chi connectivity index (χ2n) is 7.39. The van der Waals surface area contributed by atoms with Crippen LogP contribution in [0.1, 0.15) is 27.5 Å². The average Bonchev–Trinajstić information content (AvgIpc) is 2.89. The molecule has 3 rings (SSSR count). The molecule has 0 heterocycles. The molecular formula is C25H27BrN4O5. The first kappa shape index (κ1) is 26.0. The van der Waals surface area contributed by atoms with Gasteiger partial charge in [0.25, 0.3) is 5.91 Å². The summed E-state index contributed by atoms with van der Waals surface area (Å²) in [6, 6.07) is 17.8. The minimum absolute atomic E-state index is 0.0250. The lowest BCUT2D eigenvalue weighted by molar-refractivity contribution is -0.120. The number of halogens is 1. The van der Waals surface area contributed by atoms with E-state index in [1.54, 1.807) is 18.2 Å². The van der Waals surface area contributed by atoms with Crippen molar-refractivity contribution < 1.29 is 23.8 Å². The summed E-state index contributed by atoms with van der Waals surface area (Å²) < 4.78 is 16.9. The highest BCUT2D eigenvalue weighted by atomic mass is 79.9. The van der Waals surface area contributed by atoms with Gasteiger partial charge in [0.05, 0.1) is 33.9 Å². The summed E-state index contributed by atoms with van der Waals surface area (Å²) in [5.41, 5.74) is 4.64. The fourth-order valence-corrected chi connectivity index (χ4v) is 3.97.